The van der Waals surface area contributed by atoms with Crippen molar-refractivity contribution < 1.29 is 0 Å². The topological polar surface area (TPSA) is 30.0 Å². The first-order chi connectivity index (χ1) is 2.89. The Morgan fingerprint density at radius 2 is 2.67 bits per heavy atom. The van der Waals surface area contributed by atoms with E-state index in [1.165, 1.54) is 16.7 Å². The Hall–Kier alpha value is -0.220. The van der Waals surface area contributed by atoms with Crippen LogP contribution in [0.2, 0.25) is 0 Å². The summed E-state index contributed by atoms with van der Waals surface area (Å²) in [6.07, 6.45) is 1.31. The van der Waals surface area contributed by atoms with Crippen LogP contribution in [0.5, 0.6) is 0 Å². The Labute approximate surface area is 41.6 Å². The molecule has 0 amide bonds. The quantitative estimate of drug-likeness (QED) is 0.467. The van der Waals surface area contributed by atoms with Crippen LogP contribution in [0.4, 0.5) is 0 Å². The Morgan fingerprint density at radius 1 is 1.83 bits per heavy atom. The molecule has 0 bridgehead atoms. The predicted octanol–water partition coefficient (Wildman–Crippen LogP) is 0.565. The number of hydrogen-bond donors (Lipinski definition) is 0. The Kier molecular flexibility index (Phi) is 0.979. The van der Waals surface area contributed by atoms with Crippen molar-refractivity contribution in [2.75, 3.05) is 0 Å². The first-order valence-corrected chi connectivity index (χ1v) is 3.41. The average Bonchev–Trinajstić information content (AvgIpc) is 1.86. The van der Waals surface area contributed by atoms with Crippen molar-refractivity contribution in [3.8, 4) is 0 Å². The second-order valence-corrected chi connectivity index (χ2v) is 2.59. The minimum atomic E-state index is 0.0417. The maximum absolute atomic E-state index is 10.0. The van der Waals surface area contributed by atoms with Crippen molar-refractivity contribution in [2.24, 2.45) is 0 Å². The molecule has 6 heavy (non-hydrogen) atoms. The van der Waals surface area contributed by atoms with E-state index >= 15 is 0 Å². The summed E-state index contributed by atoms with van der Waals surface area (Å²) in [7, 11) is 2.37. The van der Waals surface area contributed by atoms with Gasteiger partial charge in [0.15, 0.2) is 0 Å². The van der Waals surface area contributed by atoms with Crippen LogP contribution in [0, 0.1) is 0 Å². The molecule has 0 saturated heterocycles. The lowest BCUT2D eigenvalue weighted by Crippen LogP contribution is -1.79. The largest absolute Gasteiger partial charge is 0.275 e. The van der Waals surface area contributed by atoms with Gasteiger partial charge in [0.25, 0.3) is 4.74 Å². The minimum Gasteiger partial charge on any atom is -0.275 e. The van der Waals surface area contributed by atoms with E-state index in [4.69, 9.17) is 0 Å². The second kappa shape index (κ2) is 1.49. The highest BCUT2D eigenvalue weighted by Gasteiger charge is 1.76. The van der Waals surface area contributed by atoms with E-state index in [0.717, 1.165) is 10.3 Å². The highest BCUT2D eigenvalue weighted by Crippen LogP contribution is 1.88. The van der Waals surface area contributed by atoms with Crippen LogP contribution in [0.3, 0.4) is 0 Å². The van der Waals surface area contributed by atoms with Gasteiger partial charge in [-0.3, -0.25) is 4.79 Å². The zero-order valence-corrected chi connectivity index (χ0v) is 4.38. The monoisotopic (exact) mass is 119 g/mol. The normalized spacial score (nSPS) is 8.67. The van der Waals surface area contributed by atoms with Crippen LogP contribution >= 0.6 is 20.9 Å². The van der Waals surface area contributed by atoms with Gasteiger partial charge in [0, 0.05) is 10.5 Å². The van der Waals surface area contributed by atoms with Gasteiger partial charge in [-0.1, -0.05) is 0 Å². The maximum Gasteiger partial charge on any atom is 0.262 e. The van der Waals surface area contributed by atoms with Gasteiger partial charge in [0.05, 0.1) is 6.20 Å². The molecule has 0 atom stereocenters. The molecule has 2 nitrogen and oxygen atoms in total. The van der Waals surface area contributed by atoms with Gasteiger partial charge in [-0.2, -0.15) is 4.37 Å². The van der Waals surface area contributed by atoms with Crippen molar-refractivity contribution >= 4 is 20.9 Å². The number of hydrogen-bond acceptors (Lipinski definition) is 4. The molecule has 0 aromatic carbocycles. The fraction of sp³-hybridized carbons (Fsp3) is 0. The fourth-order valence-electron chi connectivity index (χ4n) is 0.144. The third-order valence-corrected chi connectivity index (χ3v) is 1.83. The first kappa shape index (κ1) is 3.95. The van der Waals surface area contributed by atoms with Gasteiger partial charge in [0.2, 0.25) is 0 Å². The molecule has 1 aromatic heterocycles. The number of nitrogens with zero attached hydrogens (tertiary/aromatic N) is 1. The standard InChI is InChI=1S/C2HNOS2/c4-2-1-3-6-5-2/h1H. The summed E-state index contributed by atoms with van der Waals surface area (Å²) in [5.74, 6) is 0. The summed E-state index contributed by atoms with van der Waals surface area (Å²) in [5, 5.41) is 0. The first-order valence-electron chi connectivity index (χ1n) is 1.30. The lowest BCUT2D eigenvalue weighted by molar-refractivity contribution is 1.54. The van der Waals surface area contributed by atoms with E-state index in [1.54, 1.807) is 0 Å². The van der Waals surface area contributed by atoms with Crippen LogP contribution in [0.1, 0.15) is 0 Å². The molecule has 0 unspecified atom stereocenters. The molecule has 0 radical (unpaired) electrons. The second-order valence-electron chi connectivity index (χ2n) is 0.711. The predicted molar refractivity (Wildman–Crippen MR) is 26.3 cm³/mol. The third-order valence-electron chi connectivity index (χ3n) is 0.321. The third kappa shape index (κ3) is 0.636. The van der Waals surface area contributed by atoms with Gasteiger partial charge >= 0.3 is 0 Å². The fourth-order valence-corrected chi connectivity index (χ4v) is 1.17. The van der Waals surface area contributed by atoms with Gasteiger partial charge in [-0.15, -0.1) is 0 Å². The van der Waals surface area contributed by atoms with Gasteiger partial charge in [-0.05, 0) is 10.3 Å². The zero-order valence-electron chi connectivity index (χ0n) is 2.75. The van der Waals surface area contributed by atoms with Gasteiger partial charge in [-0.25, -0.2) is 0 Å². The van der Waals surface area contributed by atoms with Crippen molar-refractivity contribution in [3.05, 3.63) is 15.7 Å². The van der Waals surface area contributed by atoms with E-state index in [1.807, 2.05) is 0 Å². The van der Waals surface area contributed by atoms with E-state index in [0.29, 0.717) is 0 Å². The summed E-state index contributed by atoms with van der Waals surface area (Å²) in [6.45, 7) is 0. The SMILES string of the molecule is O=c1cnss1. The lowest BCUT2D eigenvalue weighted by atomic mass is 11.0. The van der Waals surface area contributed by atoms with Crippen LogP contribution in [-0.4, -0.2) is 4.37 Å². The molecule has 0 spiro atoms. The molecule has 0 N–H and O–H groups in total. The molecule has 1 heterocycles. The molecular formula is C2HNOS2. The van der Waals surface area contributed by atoms with Crippen molar-refractivity contribution in [1.29, 1.82) is 0 Å². The lowest BCUT2D eigenvalue weighted by Gasteiger charge is -1.39. The highest BCUT2D eigenvalue weighted by atomic mass is 32.9. The van der Waals surface area contributed by atoms with Crippen LogP contribution in [0.25, 0.3) is 0 Å². The van der Waals surface area contributed by atoms with Crippen molar-refractivity contribution in [3.63, 3.8) is 0 Å². The molecule has 32 valence electrons. The molecule has 0 saturated carbocycles. The van der Waals surface area contributed by atoms with E-state index < -0.39 is 0 Å². The van der Waals surface area contributed by atoms with E-state index in [2.05, 4.69) is 4.37 Å². The van der Waals surface area contributed by atoms with Crippen molar-refractivity contribution in [1.82, 2.24) is 4.37 Å². The van der Waals surface area contributed by atoms with E-state index in [-0.39, 0.29) is 4.74 Å². The summed E-state index contributed by atoms with van der Waals surface area (Å²) in [5.41, 5.74) is 0. The summed E-state index contributed by atoms with van der Waals surface area (Å²) in [6, 6.07) is 0. The summed E-state index contributed by atoms with van der Waals surface area (Å²) >= 11 is 0. The Morgan fingerprint density at radius 3 is 2.83 bits per heavy atom. The van der Waals surface area contributed by atoms with Crippen LogP contribution in [-0.2, 0) is 0 Å². The highest BCUT2D eigenvalue weighted by molar-refractivity contribution is 7.65. The maximum atomic E-state index is 10.0. The number of aromatic nitrogens is 1. The molecule has 1 rings (SSSR count). The Balaban J connectivity index is 3.41. The molecule has 1 aromatic rings. The van der Waals surface area contributed by atoms with Crippen LogP contribution in [0.15, 0.2) is 11.0 Å². The molecule has 0 fully saturated rings. The Bertz CT molecular complexity index is 149. The molecule has 0 aliphatic carbocycles. The average molecular weight is 119 g/mol. The summed E-state index contributed by atoms with van der Waals surface area (Å²) in [4.78, 5) is 10.0. The number of rotatable bonds is 0. The van der Waals surface area contributed by atoms with Gasteiger partial charge in [0.1, 0.15) is 0 Å². The summed E-state index contributed by atoms with van der Waals surface area (Å²) < 4.78 is 3.61. The zero-order chi connectivity index (χ0) is 4.41. The smallest absolute Gasteiger partial charge is 0.262 e. The van der Waals surface area contributed by atoms with E-state index in [9.17, 15) is 4.79 Å². The molecule has 0 aliphatic rings. The molecule has 0 aliphatic heterocycles. The molecular weight excluding hydrogens is 118 g/mol. The van der Waals surface area contributed by atoms with Crippen molar-refractivity contribution in [2.45, 2.75) is 0 Å². The van der Waals surface area contributed by atoms with Crippen LogP contribution < -0.4 is 4.74 Å². The minimum absolute atomic E-state index is 0.0417. The van der Waals surface area contributed by atoms with Gasteiger partial charge < -0.3 is 0 Å². The molecule has 4 heteroatoms.